The van der Waals surface area contributed by atoms with Crippen molar-refractivity contribution in [2.75, 3.05) is 81.4 Å². The molecule has 1 unspecified atom stereocenters. The number of hydrogen-bond donors (Lipinski definition) is 3. The Labute approximate surface area is 474 Å². The number of alkyl halides is 3. The molecular weight excluding hydrogens is 1110 g/mol. The van der Waals surface area contributed by atoms with Gasteiger partial charge >= 0.3 is 5.51 Å². The molecule has 16 nitrogen and oxygen atoms in total. The normalized spacial score (nSPS) is 19.4. The fraction of sp³-hybridized carbons (Fsp3) is 0.421. The van der Waals surface area contributed by atoms with Gasteiger partial charge in [-0.3, -0.25) is 39.5 Å². The van der Waals surface area contributed by atoms with Crippen molar-refractivity contribution in [3.63, 3.8) is 0 Å². The number of sulfonamides is 1. The quantitative estimate of drug-likeness (QED) is 0.0525. The highest BCUT2D eigenvalue weighted by Crippen LogP contribution is 2.43. The van der Waals surface area contributed by atoms with Gasteiger partial charge in [-0.2, -0.15) is 13.2 Å². The highest BCUT2D eigenvalue weighted by Gasteiger charge is 2.48. The van der Waals surface area contributed by atoms with Crippen LogP contribution in [0.4, 0.5) is 24.5 Å². The number of piperidine rings is 1. The van der Waals surface area contributed by atoms with Crippen LogP contribution in [0.3, 0.4) is 0 Å². The molecule has 426 valence electrons. The summed E-state index contributed by atoms with van der Waals surface area (Å²) in [6, 6.07) is 25.6. The van der Waals surface area contributed by atoms with Crippen molar-refractivity contribution in [3.8, 4) is 0 Å². The molecule has 1 aromatic heterocycles. The molecule has 23 heteroatoms. The van der Waals surface area contributed by atoms with E-state index in [9.17, 15) is 44.4 Å². The van der Waals surface area contributed by atoms with E-state index in [1.54, 1.807) is 24.5 Å². The van der Waals surface area contributed by atoms with Gasteiger partial charge in [0.1, 0.15) is 4.90 Å². The molecule has 5 aromatic rings. The summed E-state index contributed by atoms with van der Waals surface area (Å²) in [6.45, 7) is 12.2. The Morgan fingerprint density at radius 2 is 1.50 bits per heavy atom. The molecule has 4 aromatic carbocycles. The lowest BCUT2D eigenvalue weighted by Gasteiger charge is -2.39. The number of carbonyl (C=O) groups excluding carboxylic acids is 3. The molecule has 3 aliphatic heterocycles. The fourth-order valence-electron chi connectivity index (χ4n) is 10.7. The van der Waals surface area contributed by atoms with Crippen molar-refractivity contribution in [1.29, 1.82) is 0 Å². The van der Waals surface area contributed by atoms with Gasteiger partial charge in [-0.25, -0.2) is 21.6 Å². The maximum Gasteiger partial charge on any atom is 0.501 e. The smallest absolute Gasteiger partial charge is 0.380 e. The molecule has 2 atom stereocenters. The Bertz CT molecular complexity index is 3290. The van der Waals surface area contributed by atoms with Crippen LogP contribution >= 0.6 is 23.4 Å². The number of rotatable bonds is 19. The van der Waals surface area contributed by atoms with E-state index in [1.165, 1.54) is 40.6 Å². The van der Waals surface area contributed by atoms with Gasteiger partial charge in [0.25, 0.3) is 25.8 Å². The second-order valence-corrected chi connectivity index (χ2v) is 26.7. The number of allylic oxidation sites excluding steroid dienone is 1. The maximum absolute atomic E-state index is 14.4. The summed E-state index contributed by atoms with van der Waals surface area (Å²) in [5, 5.41) is 6.08. The van der Waals surface area contributed by atoms with E-state index in [0.29, 0.717) is 80.3 Å². The Balaban J connectivity index is 0.826. The monoisotopic (exact) mass is 1180 g/mol. The Hall–Kier alpha value is -5.88. The summed E-state index contributed by atoms with van der Waals surface area (Å²) in [6.07, 6.45) is 7.31. The summed E-state index contributed by atoms with van der Waals surface area (Å²) in [5.74, 6) is -1.95. The van der Waals surface area contributed by atoms with E-state index in [0.717, 1.165) is 74.7 Å². The van der Waals surface area contributed by atoms with Crippen LogP contribution in [-0.2, 0) is 36.0 Å². The van der Waals surface area contributed by atoms with Crippen LogP contribution in [-0.4, -0.2) is 142 Å². The fourth-order valence-corrected chi connectivity index (χ4v) is 13.8. The zero-order chi connectivity index (χ0) is 56.8. The number of nitrogens with zero attached hydrogens (tertiary/aromatic N) is 6. The summed E-state index contributed by atoms with van der Waals surface area (Å²) < 4.78 is 99.4. The highest BCUT2D eigenvalue weighted by molar-refractivity contribution is 7.99. The van der Waals surface area contributed by atoms with Crippen LogP contribution in [0, 0.1) is 5.41 Å². The van der Waals surface area contributed by atoms with Crippen LogP contribution < -0.4 is 20.3 Å². The van der Waals surface area contributed by atoms with Gasteiger partial charge in [0, 0.05) is 118 Å². The number of carbonyl (C=O) groups is 3. The van der Waals surface area contributed by atoms with E-state index >= 15 is 0 Å². The number of imide groups is 1. The number of halogens is 4. The zero-order valence-electron chi connectivity index (χ0n) is 44.6. The second kappa shape index (κ2) is 25.1. The SMILES string of the molecule is CC1(C)CCC(c2ccc(Cl)cc2)=C(CN2CCN(c3ccc(C(=O)NS(=O)(=O)c4ccc(N[C@H](CCN5CCN(Cc6cnc(C7CCC(=O)NC7=O)cn6)CC5)CSc5ccccc5)c(S(=O)(=O)C(F)(F)F)c4)cc3)CC2)C1. The van der Waals surface area contributed by atoms with Gasteiger partial charge < -0.3 is 15.1 Å². The van der Waals surface area contributed by atoms with Gasteiger partial charge in [-0.05, 0) is 115 Å². The number of benzene rings is 4. The first kappa shape index (κ1) is 58.8. The zero-order valence-corrected chi connectivity index (χ0v) is 47.8. The van der Waals surface area contributed by atoms with E-state index in [2.05, 4.69) is 66.2 Å². The van der Waals surface area contributed by atoms with E-state index in [1.807, 2.05) is 47.2 Å². The molecule has 80 heavy (non-hydrogen) atoms. The number of thioether (sulfide) groups is 1. The van der Waals surface area contributed by atoms with Crippen molar-refractivity contribution >= 4 is 77.9 Å². The molecular formula is C57H65ClF3N9O7S3. The standard InChI is InChI=1S/C57H65ClF3N9O7S3/c1-56(2)22-20-48(39-8-12-42(58)13-9-39)41(33-56)36-68-28-30-70(31-29-68)45-14-10-40(11-15-45)54(72)66-80(76,77)47-16-18-50(52(32-47)79(74,75)57(59,60)61)64-43(38-78-46-6-4-3-5-7-46)21-23-67-24-26-69(27-25-67)37-44-34-63-51(35-62-44)49-17-19-53(71)65-55(49)73/h3-16,18,32,34-35,43,49,64H,17,19-31,33,36-38H2,1-2H3,(H,66,72)(H,65,71,73)/t43-,49?/m1/s1. The van der Waals surface area contributed by atoms with Gasteiger partial charge in [0.15, 0.2) is 0 Å². The predicted octanol–water partition coefficient (Wildman–Crippen LogP) is 8.63. The number of nitrogens with one attached hydrogen (secondary N) is 3. The Morgan fingerprint density at radius 1 is 0.825 bits per heavy atom. The third-order valence-electron chi connectivity index (χ3n) is 15.2. The van der Waals surface area contributed by atoms with E-state index in [-0.39, 0.29) is 29.2 Å². The van der Waals surface area contributed by atoms with Crippen LogP contribution in [0.2, 0.25) is 5.02 Å². The van der Waals surface area contributed by atoms with Crippen molar-refractivity contribution in [1.82, 2.24) is 34.7 Å². The van der Waals surface area contributed by atoms with Crippen molar-refractivity contribution in [2.45, 2.75) is 91.1 Å². The number of amides is 3. The summed E-state index contributed by atoms with van der Waals surface area (Å²) in [5.41, 5.74) is 0.0355. The predicted molar refractivity (Wildman–Crippen MR) is 304 cm³/mol. The third-order valence-corrected chi connectivity index (χ3v) is 19.5. The number of hydrogen-bond acceptors (Lipinski definition) is 15. The molecule has 4 aliphatic rings. The summed E-state index contributed by atoms with van der Waals surface area (Å²) >= 11 is 7.64. The molecule has 4 heterocycles. The van der Waals surface area contributed by atoms with Crippen molar-refractivity contribution in [3.05, 3.63) is 143 Å². The second-order valence-electron chi connectivity index (χ2n) is 21.6. The lowest BCUT2D eigenvalue weighted by Crippen LogP contribution is -2.47. The summed E-state index contributed by atoms with van der Waals surface area (Å²) in [7, 11) is -11.0. The lowest BCUT2D eigenvalue weighted by molar-refractivity contribution is -0.134. The van der Waals surface area contributed by atoms with Gasteiger partial charge in [-0.15, -0.1) is 11.8 Å². The van der Waals surface area contributed by atoms with Gasteiger partial charge in [0.2, 0.25) is 11.8 Å². The van der Waals surface area contributed by atoms with Gasteiger partial charge in [-0.1, -0.05) is 61.4 Å². The molecule has 9 rings (SSSR count). The lowest BCUT2D eigenvalue weighted by atomic mass is 9.73. The molecule has 0 saturated carbocycles. The van der Waals surface area contributed by atoms with Crippen molar-refractivity contribution in [2.24, 2.45) is 5.41 Å². The van der Waals surface area contributed by atoms with Crippen LogP contribution in [0.15, 0.2) is 130 Å². The molecule has 3 amide bonds. The highest BCUT2D eigenvalue weighted by atomic mass is 35.5. The average Bonchev–Trinajstić information content (AvgIpc) is 3.44. The minimum atomic E-state index is -6.13. The Morgan fingerprint density at radius 3 is 2.16 bits per heavy atom. The van der Waals surface area contributed by atoms with Crippen LogP contribution in [0.1, 0.15) is 85.6 Å². The molecule has 3 N–H and O–H groups in total. The maximum atomic E-state index is 14.4. The topological polar surface area (TPSA) is 194 Å². The Kier molecular flexibility index (Phi) is 18.4. The molecule has 3 fully saturated rings. The van der Waals surface area contributed by atoms with Gasteiger partial charge in [0.05, 0.1) is 34.1 Å². The molecule has 3 saturated heterocycles. The van der Waals surface area contributed by atoms with Crippen LogP contribution in [0.25, 0.3) is 5.57 Å². The largest absolute Gasteiger partial charge is 0.501 e. The number of anilines is 2. The molecule has 0 bridgehead atoms. The summed E-state index contributed by atoms with van der Waals surface area (Å²) in [4.78, 5) is 54.2. The first-order valence-electron chi connectivity index (χ1n) is 26.7. The third kappa shape index (κ3) is 14.8. The van der Waals surface area contributed by atoms with E-state index < -0.39 is 58.7 Å². The molecule has 1 aliphatic carbocycles. The van der Waals surface area contributed by atoms with Crippen molar-refractivity contribution < 1.29 is 44.4 Å². The number of aromatic nitrogens is 2. The minimum absolute atomic E-state index is 0.0215. The molecule has 0 spiro atoms. The first-order valence-corrected chi connectivity index (χ1v) is 31.0. The average molecular weight is 1180 g/mol. The minimum Gasteiger partial charge on any atom is -0.380 e. The number of sulfone groups is 1. The number of piperazine rings is 2. The van der Waals surface area contributed by atoms with E-state index in [4.69, 9.17) is 11.6 Å². The van der Waals surface area contributed by atoms with Crippen LogP contribution in [0.5, 0.6) is 0 Å². The first-order chi connectivity index (χ1) is 38.1. The molecule has 0 radical (unpaired) electrons.